The number of thiophene rings is 1. The first-order chi connectivity index (χ1) is 9.74. The number of benzene rings is 1. The number of anilines is 1. The van der Waals surface area contributed by atoms with Gasteiger partial charge in [0.1, 0.15) is 5.82 Å². The molecule has 0 aliphatic carbocycles. The van der Waals surface area contributed by atoms with Crippen molar-refractivity contribution in [2.75, 3.05) is 5.43 Å². The molecule has 0 bridgehead atoms. The number of nitrogens with zero attached hydrogens (tertiary/aromatic N) is 2. The molecular formula is C15H12ClN3S. The van der Waals surface area contributed by atoms with Crippen LogP contribution in [0.3, 0.4) is 0 Å². The Morgan fingerprint density at radius 1 is 1.30 bits per heavy atom. The number of nitrogens with one attached hydrogen (secondary N) is 1. The minimum absolute atomic E-state index is 0.727. The third kappa shape index (κ3) is 2.66. The minimum Gasteiger partial charge on any atom is -0.261 e. The van der Waals surface area contributed by atoms with Crippen LogP contribution in [0.4, 0.5) is 5.82 Å². The van der Waals surface area contributed by atoms with E-state index in [1.165, 1.54) is 15.6 Å². The predicted octanol–water partition coefficient (Wildman–Crippen LogP) is 4.70. The summed E-state index contributed by atoms with van der Waals surface area (Å²) >= 11 is 7.73. The molecule has 0 saturated carbocycles. The Balaban J connectivity index is 1.86. The van der Waals surface area contributed by atoms with E-state index in [1.807, 2.05) is 42.6 Å². The molecule has 0 amide bonds. The average Bonchev–Trinajstić information content (AvgIpc) is 2.77. The first kappa shape index (κ1) is 13.1. The van der Waals surface area contributed by atoms with E-state index < -0.39 is 0 Å². The third-order valence-corrected chi connectivity index (χ3v) is 4.40. The molecule has 0 fully saturated rings. The van der Waals surface area contributed by atoms with Gasteiger partial charge in [-0.15, -0.1) is 11.3 Å². The lowest BCUT2D eigenvalue weighted by molar-refractivity contribution is 1.23. The number of hydrogen-bond acceptors (Lipinski definition) is 4. The van der Waals surface area contributed by atoms with Crippen LogP contribution in [0.5, 0.6) is 0 Å². The lowest BCUT2D eigenvalue weighted by atomic mass is 10.1. The fraction of sp³-hybridized carbons (Fsp3) is 0.0667. The molecule has 0 aliphatic heterocycles. The second-order valence-corrected chi connectivity index (χ2v) is 5.84. The van der Waals surface area contributed by atoms with Crippen LogP contribution in [0.1, 0.15) is 10.4 Å². The van der Waals surface area contributed by atoms with E-state index in [0.717, 1.165) is 15.7 Å². The van der Waals surface area contributed by atoms with Crippen LogP contribution in [0.15, 0.2) is 47.7 Å². The van der Waals surface area contributed by atoms with Crippen molar-refractivity contribution in [2.24, 2.45) is 5.10 Å². The Hall–Kier alpha value is -1.91. The fourth-order valence-corrected chi connectivity index (χ4v) is 3.16. The summed E-state index contributed by atoms with van der Waals surface area (Å²) in [5, 5.41) is 6.17. The molecule has 1 N–H and O–H groups in total. The van der Waals surface area contributed by atoms with Gasteiger partial charge in [-0.2, -0.15) is 5.10 Å². The van der Waals surface area contributed by atoms with Crippen LogP contribution in [-0.2, 0) is 0 Å². The van der Waals surface area contributed by atoms with E-state index in [2.05, 4.69) is 22.4 Å². The van der Waals surface area contributed by atoms with E-state index in [-0.39, 0.29) is 0 Å². The van der Waals surface area contributed by atoms with Crippen molar-refractivity contribution in [3.63, 3.8) is 0 Å². The van der Waals surface area contributed by atoms with Crippen LogP contribution < -0.4 is 5.43 Å². The zero-order valence-corrected chi connectivity index (χ0v) is 12.4. The van der Waals surface area contributed by atoms with Crippen LogP contribution in [0, 0.1) is 6.92 Å². The highest BCUT2D eigenvalue weighted by molar-refractivity contribution is 7.20. The summed E-state index contributed by atoms with van der Waals surface area (Å²) in [6, 6.07) is 11.6. The van der Waals surface area contributed by atoms with Crippen LogP contribution >= 0.6 is 22.9 Å². The maximum absolute atomic E-state index is 6.03. The van der Waals surface area contributed by atoms with Crippen molar-refractivity contribution in [1.29, 1.82) is 0 Å². The number of fused-ring (bicyclic) bond motifs is 1. The molecule has 0 aliphatic rings. The van der Waals surface area contributed by atoms with Gasteiger partial charge >= 0.3 is 0 Å². The molecule has 3 aromatic rings. The molecule has 2 aromatic heterocycles. The summed E-state index contributed by atoms with van der Waals surface area (Å²) < 4.78 is 1.21. The van der Waals surface area contributed by atoms with Gasteiger partial charge in [0.25, 0.3) is 0 Å². The molecular weight excluding hydrogens is 290 g/mol. The molecule has 3 nitrogen and oxygen atoms in total. The molecule has 0 spiro atoms. The molecule has 100 valence electrons. The highest BCUT2D eigenvalue weighted by Crippen LogP contribution is 2.31. The van der Waals surface area contributed by atoms with Gasteiger partial charge in [-0.25, -0.2) is 4.98 Å². The molecule has 0 unspecified atom stereocenters. The van der Waals surface area contributed by atoms with E-state index in [4.69, 9.17) is 11.6 Å². The molecule has 0 radical (unpaired) electrons. The molecule has 0 atom stereocenters. The van der Waals surface area contributed by atoms with Gasteiger partial charge in [0.05, 0.1) is 11.1 Å². The summed E-state index contributed by atoms with van der Waals surface area (Å²) in [6.07, 6.45) is 3.55. The first-order valence-electron chi connectivity index (χ1n) is 6.13. The van der Waals surface area contributed by atoms with Gasteiger partial charge < -0.3 is 0 Å². The summed E-state index contributed by atoms with van der Waals surface area (Å²) in [6.45, 7) is 2.08. The normalized spacial score (nSPS) is 11.3. The highest BCUT2D eigenvalue weighted by atomic mass is 35.5. The van der Waals surface area contributed by atoms with Crippen LogP contribution in [-0.4, -0.2) is 11.2 Å². The van der Waals surface area contributed by atoms with Gasteiger partial charge in [0.2, 0.25) is 0 Å². The monoisotopic (exact) mass is 301 g/mol. The van der Waals surface area contributed by atoms with Crippen molar-refractivity contribution >= 4 is 45.1 Å². The van der Waals surface area contributed by atoms with Gasteiger partial charge in [0.15, 0.2) is 0 Å². The standard InChI is InChI=1S/C15H12ClN3S/c1-10-12-8-11(16)5-6-13(12)20-14(10)9-18-19-15-4-2-3-7-17-15/h2-9H,1H3,(H,17,19)/b18-9+. The Morgan fingerprint density at radius 3 is 3.00 bits per heavy atom. The molecule has 1 aromatic carbocycles. The second kappa shape index (κ2) is 5.61. The Bertz CT molecular complexity index is 765. The van der Waals surface area contributed by atoms with Crippen molar-refractivity contribution in [3.05, 3.63) is 58.1 Å². The number of aromatic nitrogens is 1. The lowest BCUT2D eigenvalue weighted by Crippen LogP contribution is -1.92. The molecule has 3 rings (SSSR count). The van der Waals surface area contributed by atoms with E-state index in [0.29, 0.717) is 0 Å². The summed E-state index contributed by atoms with van der Waals surface area (Å²) in [7, 11) is 0. The van der Waals surface area contributed by atoms with Crippen LogP contribution in [0.25, 0.3) is 10.1 Å². The predicted molar refractivity (Wildman–Crippen MR) is 87.0 cm³/mol. The first-order valence-corrected chi connectivity index (χ1v) is 7.32. The van der Waals surface area contributed by atoms with Gasteiger partial charge in [-0.05, 0) is 48.2 Å². The molecule has 20 heavy (non-hydrogen) atoms. The maximum atomic E-state index is 6.03. The Kier molecular flexibility index (Phi) is 3.67. The Morgan fingerprint density at radius 2 is 2.20 bits per heavy atom. The third-order valence-electron chi connectivity index (χ3n) is 2.96. The van der Waals surface area contributed by atoms with Crippen molar-refractivity contribution in [3.8, 4) is 0 Å². The van der Waals surface area contributed by atoms with Crippen molar-refractivity contribution in [1.82, 2.24) is 4.98 Å². The maximum Gasteiger partial charge on any atom is 0.146 e. The topological polar surface area (TPSA) is 37.3 Å². The summed E-state index contributed by atoms with van der Waals surface area (Å²) in [5.41, 5.74) is 4.11. The lowest BCUT2D eigenvalue weighted by Gasteiger charge is -1.96. The molecule has 0 saturated heterocycles. The van der Waals surface area contributed by atoms with Gasteiger partial charge in [-0.1, -0.05) is 17.7 Å². The van der Waals surface area contributed by atoms with Crippen molar-refractivity contribution < 1.29 is 0 Å². The molecule has 5 heteroatoms. The van der Waals surface area contributed by atoms with Crippen molar-refractivity contribution in [2.45, 2.75) is 6.92 Å². The van der Waals surface area contributed by atoms with E-state index >= 15 is 0 Å². The van der Waals surface area contributed by atoms with Gasteiger partial charge in [0, 0.05) is 15.9 Å². The molecule has 2 heterocycles. The number of halogens is 1. The Labute approximate surface area is 125 Å². The average molecular weight is 302 g/mol. The smallest absolute Gasteiger partial charge is 0.146 e. The zero-order valence-electron chi connectivity index (χ0n) is 10.8. The number of rotatable bonds is 3. The largest absolute Gasteiger partial charge is 0.261 e. The van der Waals surface area contributed by atoms with Gasteiger partial charge in [-0.3, -0.25) is 5.43 Å². The number of aryl methyl sites for hydroxylation is 1. The SMILES string of the molecule is Cc1c(/C=N/Nc2ccccn2)sc2ccc(Cl)cc12. The minimum atomic E-state index is 0.727. The zero-order chi connectivity index (χ0) is 13.9. The quantitative estimate of drug-likeness (QED) is 0.562. The number of pyridine rings is 1. The number of hydrogen-bond donors (Lipinski definition) is 1. The van der Waals surface area contributed by atoms with E-state index in [1.54, 1.807) is 17.5 Å². The van der Waals surface area contributed by atoms with E-state index in [9.17, 15) is 0 Å². The summed E-state index contributed by atoms with van der Waals surface area (Å²) in [5.74, 6) is 0.727. The second-order valence-electron chi connectivity index (χ2n) is 4.32. The fourth-order valence-electron chi connectivity index (χ4n) is 1.92. The summed E-state index contributed by atoms with van der Waals surface area (Å²) in [4.78, 5) is 5.26. The number of hydrazone groups is 1. The highest BCUT2D eigenvalue weighted by Gasteiger charge is 2.06. The van der Waals surface area contributed by atoms with Crippen LogP contribution in [0.2, 0.25) is 5.02 Å².